The van der Waals surface area contributed by atoms with Crippen molar-refractivity contribution >= 4 is 10.8 Å². The third kappa shape index (κ3) is 1.15. The summed E-state index contributed by atoms with van der Waals surface area (Å²) in [5, 5.41) is 8.23. The zero-order chi connectivity index (χ0) is 10.3. The molecule has 0 fully saturated rings. The average Bonchev–Trinajstić information content (AvgIpc) is 2.14. The highest BCUT2D eigenvalue weighted by atomic mass is 19.2. The number of aromatic nitrogens is 2. The Morgan fingerprint density at radius 2 is 1.79 bits per heavy atom. The van der Waals surface area contributed by atoms with Crippen LogP contribution < -0.4 is 0 Å². The van der Waals surface area contributed by atoms with Gasteiger partial charge in [0.1, 0.15) is 0 Å². The molecule has 3 nitrogen and oxygen atoms in total. The van der Waals surface area contributed by atoms with E-state index in [1.165, 1.54) is 0 Å². The monoisotopic (exact) mass is 200 g/mol. The predicted molar refractivity (Wildman–Crippen MR) is 41.1 cm³/mol. The SMILES string of the molecule is Oc1cc2c(F)nc(F)c(F)c2cn1. The van der Waals surface area contributed by atoms with Gasteiger partial charge in [0, 0.05) is 23.0 Å². The molecule has 0 atom stereocenters. The first kappa shape index (κ1) is 8.74. The van der Waals surface area contributed by atoms with Crippen LogP contribution in [0.15, 0.2) is 12.3 Å². The number of hydrogen-bond acceptors (Lipinski definition) is 3. The third-order valence-corrected chi connectivity index (χ3v) is 1.73. The Kier molecular flexibility index (Phi) is 1.77. The quantitative estimate of drug-likeness (QED) is 0.659. The summed E-state index contributed by atoms with van der Waals surface area (Å²) in [7, 11) is 0. The summed E-state index contributed by atoms with van der Waals surface area (Å²) in [5.74, 6) is -4.47. The minimum absolute atomic E-state index is 0.309. The molecule has 72 valence electrons. The highest BCUT2D eigenvalue weighted by molar-refractivity contribution is 5.82. The summed E-state index contributed by atoms with van der Waals surface area (Å²) < 4.78 is 38.5. The summed E-state index contributed by atoms with van der Waals surface area (Å²) >= 11 is 0. The molecule has 0 unspecified atom stereocenters. The summed E-state index contributed by atoms with van der Waals surface area (Å²) in [6, 6.07) is 0.875. The van der Waals surface area contributed by atoms with Gasteiger partial charge in [-0.25, -0.2) is 9.37 Å². The van der Waals surface area contributed by atoms with Crippen molar-refractivity contribution in [3.8, 4) is 5.88 Å². The third-order valence-electron chi connectivity index (χ3n) is 1.73. The van der Waals surface area contributed by atoms with Crippen LogP contribution in [0.4, 0.5) is 13.2 Å². The second-order valence-corrected chi connectivity index (χ2v) is 2.60. The number of rotatable bonds is 0. The van der Waals surface area contributed by atoms with Gasteiger partial charge in [0.25, 0.3) is 5.95 Å². The van der Waals surface area contributed by atoms with E-state index in [0.29, 0.717) is 0 Å². The van der Waals surface area contributed by atoms with Crippen LogP contribution in [0.1, 0.15) is 0 Å². The first-order chi connectivity index (χ1) is 6.59. The second kappa shape index (κ2) is 2.83. The van der Waals surface area contributed by atoms with Gasteiger partial charge in [0.05, 0.1) is 0 Å². The van der Waals surface area contributed by atoms with Crippen LogP contribution in [0, 0.1) is 17.7 Å². The van der Waals surface area contributed by atoms with Crippen LogP contribution in [0.2, 0.25) is 0 Å². The number of fused-ring (bicyclic) bond motifs is 1. The highest BCUT2D eigenvalue weighted by Crippen LogP contribution is 2.22. The minimum Gasteiger partial charge on any atom is -0.493 e. The smallest absolute Gasteiger partial charge is 0.252 e. The Labute approximate surface area is 75.8 Å². The standard InChI is InChI=1S/C8H3F3N2O/c9-6-4-2-12-5(14)1-3(4)7(10)13-8(6)11/h1-2H,(H,12,14). The van der Waals surface area contributed by atoms with E-state index < -0.39 is 23.6 Å². The first-order valence-corrected chi connectivity index (χ1v) is 3.59. The van der Waals surface area contributed by atoms with Crippen molar-refractivity contribution in [3.05, 3.63) is 30.0 Å². The van der Waals surface area contributed by atoms with E-state index >= 15 is 0 Å². The van der Waals surface area contributed by atoms with Crippen molar-refractivity contribution in [3.63, 3.8) is 0 Å². The molecule has 0 spiro atoms. The molecule has 6 heteroatoms. The van der Waals surface area contributed by atoms with Crippen molar-refractivity contribution in [1.29, 1.82) is 0 Å². The largest absolute Gasteiger partial charge is 0.493 e. The van der Waals surface area contributed by atoms with E-state index in [2.05, 4.69) is 9.97 Å². The Morgan fingerprint density at radius 3 is 2.50 bits per heavy atom. The topological polar surface area (TPSA) is 46.0 Å². The fourth-order valence-corrected chi connectivity index (χ4v) is 1.10. The van der Waals surface area contributed by atoms with Gasteiger partial charge < -0.3 is 5.11 Å². The maximum absolute atomic E-state index is 13.0. The lowest BCUT2D eigenvalue weighted by atomic mass is 10.2. The van der Waals surface area contributed by atoms with Crippen LogP contribution in [-0.2, 0) is 0 Å². The Bertz CT molecular complexity index is 515. The number of halogens is 3. The number of nitrogens with zero attached hydrogens (tertiary/aromatic N) is 2. The van der Waals surface area contributed by atoms with Crippen molar-refractivity contribution < 1.29 is 18.3 Å². The summed E-state index contributed by atoms with van der Waals surface area (Å²) in [4.78, 5) is 6.00. The predicted octanol–water partition coefficient (Wildman–Crippen LogP) is 1.75. The van der Waals surface area contributed by atoms with Gasteiger partial charge in [0.2, 0.25) is 11.8 Å². The Hall–Kier alpha value is -1.85. The molecule has 0 aliphatic carbocycles. The summed E-state index contributed by atoms with van der Waals surface area (Å²) in [6.07, 6.45) is 0.841. The highest BCUT2D eigenvalue weighted by Gasteiger charge is 2.14. The van der Waals surface area contributed by atoms with Crippen LogP contribution in [-0.4, -0.2) is 15.1 Å². The van der Waals surface area contributed by atoms with Crippen LogP contribution in [0.25, 0.3) is 10.8 Å². The molecule has 0 saturated carbocycles. The maximum Gasteiger partial charge on any atom is 0.252 e. The fourth-order valence-electron chi connectivity index (χ4n) is 1.10. The Balaban J connectivity index is 2.94. The Morgan fingerprint density at radius 1 is 1.07 bits per heavy atom. The lowest BCUT2D eigenvalue weighted by Crippen LogP contribution is -1.96. The molecule has 0 bridgehead atoms. The van der Waals surface area contributed by atoms with E-state index in [0.717, 1.165) is 12.3 Å². The van der Waals surface area contributed by atoms with Gasteiger partial charge in [-0.05, 0) is 0 Å². The van der Waals surface area contributed by atoms with Gasteiger partial charge in [-0.15, -0.1) is 0 Å². The van der Waals surface area contributed by atoms with Gasteiger partial charge in [-0.1, -0.05) is 0 Å². The molecule has 0 radical (unpaired) electrons. The maximum atomic E-state index is 13.0. The molecule has 0 saturated heterocycles. The van der Waals surface area contributed by atoms with Crippen LogP contribution in [0.5, 0.6) is 5.88 Å². The van der Waals surface area contributed by atoms with Gasteiger partial charge >= 0.3 is 0 Å². The number of hydrogen-bond donors (Lipinski definition) is 1. The summed E-state index contributed by atoms with van der Waals surface area (Å²) in [5.41, 5.74) is 0. The zero-order valence-corrected chi connectivity index (χ0v) is 6.63. The lowest BCUT2D eigenvalue weighted by molar-refractivity contribution is 0.447. The molecule has 2 rings (SSSR count). The molecule has 2 aromatic rings. The van der Waals surface area contributed by atoms with E-state index in [1.54, 1.807) is 0 Å². The lowest BCUT2D eigenvalue weighted by Gasteiger charge is -2.00. The van der Waals surface area contributed by atoms with E-state index in [-0.39, 0.29) is 10.8 Å². The zero-order valence-electron chi connectivity index (χ0n) is 6.63. The van der Waals surface area contributed by atoms with Crippen LogP contribution in [0.3, 0.4) is 0 Å². The number of aromatic hydroxyl groups is 1. The van der Waals surface area contributed by atoms with Crippen molar-refractivity contribution in [2.75, 3.05) is 0 Å². The van der Waals surface area contributed by atoms with E-state index in [9.17, 15) is 13.2 Å². The fraction of sp³-hybridized carbons (Fsp3) is 0. The van der Waals surface area contributed by atoms with E-state index in [4.69, 9.17) is 5.11 Å². The molecule has 1 N–H and O–H groups in total. The molecule has 0 aromatic carbocycles. The number of pyridine rings is 2. The van der Waals surface area contributed by atoms with Gasteiger partial charge in [-0.3, -0.25) is 0 Å². The van der Waals surface area contributed by atoms with Crippen molar-refractivity contribution in [2.45, 2.75) is 0 Å². The second-order valence-electron chi connectivity index (χ2n) is 2.60. The molecule has 14 heavy (non-hydrogen) atoms. The molecular weight excluding hydrogens is 197 g/mol. The summed E-state index contributed by atoms with van der Waals surface area (Å²) in [6.45, 7) is 0. The molecule has 0 aliphatic rings. The molecule has 2 aromatic heterocycles. The van der Waals surface area contributed by atoms with E-state index in [1.807, 2.05) is 0 Å². The molecular formula is C8H3F3N2O. The van der Waals surface area contributed by atoms with Crippen molar-refractivity contribution in [1.82, 2.24) is 9.97 Å². The van der Waals surface area contributed by atoms with Gasteiger partial charge in [0.15, 0.2) is 5.82 Å². The molecule has 2 heterocycles. The first-order valence-electron chi connectivity index (χ1n) is 3.59. The minimum atomic E-state index is -1.53. The van der Waals surface area contributed by atoms with Gasteiger partial charge in [-0.2, -0.15) is 13.8 Å². The van der Waals surface area contributed by atoms with Crippen LogP contribution >= 0.6 is 0 Å². The van der Waals surface area contributed by atoms with Crippen molar-refractivity contribution in [2.24, 2.45) is 0 Å². The normalized spacial score (nSPS) is 10.8. The molecule has 0 aliphatic heterocycles. The molecule has 0 amide bonds. The average molecular weight is 200 g/mol.